The molecule has 0 fully saturated rings. The van der Waals surface area contributed by atoms with E-state index < -0.39 is 0 Å². The number of amides is 2. The topological polar surface area (TPSA) is 88.9 Å². The maximum absolute atomic E-state index is 12.8. The average molecular weight is 466 g/mol. The number of hydrogen-bond donors (Lipinski definition) is 2. The Balaban J connectivity index is 1.64. The van der Waals surface area contributed by atoms with Gasteiger partial charge in [0.25, 0.3) is 5.91 Å². The summed E-state index contributed by atoms with van der Waals surface area (Å²) in [6, 6.07) is 16.9. The molecule has 1 aromatic heterocycles. The third-order valence-electron chi connectivity index (χ3n) is 5.39. The normalized spacial score (nSPS) is 12.9. The number of carbonyl (C=O) groups is 2. The molecular formula is C25H31N5O2S. The number of rotatable bonds is 9. The van der Waals surface area contributed by atoms with Gasteiger partial charge in [-0.25, -0.2) is 0 Å². The summed E-state index contributed by atoms with van der Waals surface area (Å²) in [6.07, 6.45) is 0. The molecule has 2 atom stereocenters. The number of benzene rings is 2. The number of nitrogens with one attached hydrogen (secondary N) is 2. The van der Waals surface area contributed by atoms with Crippen molar-refractivity contribution >= 4 is 23.6 Å². The minimum absolute atomic E-state index is 0.0727. The molecule has 0 unspecified atom stereocenters. The molecule has 0 bridgehead atoms. The second-order valence-corrected chi connectivity index (χ2v) is 9.40. The molecule has 2 N–H and O–H groups in total. The number of thioether (sulfide) groups is 1. The van der Waals surface area contributed by atoms with Crippen molar-refractivity contribution in [2.24, 2.45) is 13.0 Å². The second-order valence-electron chi connectivity index (χ2n) is 8.45. The van der Waals surface area contributed by atoms with Gasteiger partial charge in [0.05, 0.1) is 17.8 Å². The van der Waals surface area contributed by atoms with Crippen molar-refractivity contribution in [3.05, 3.63) is 77.1 Å². The van der Waals surface area contributed by atoms with E-state index in [0.29, 0.717) is 16.5 Å². The van der Waals surface area contributed by atoms with Crippen molar-refractivity contribution in [3.8, 4) is 0 Å². The van der Waals surface area contributed by atoms with Gasteiger partial charge >= 0.3 is 0 Å². The Morgan fingerprint density at radius 3 is 2.39 bits per heavy atom. The summed E-state index contributed by atoms with van der Waals surface area (Å²) in [5, 5.41) is 15.3. The van der Waals surface area contributed by atoms with Crippen LogP contribution >= 0.6 is 11.8 Å². The standard InChI is InChI=1S/C25H31N5O2S/c1-16(2)22(27-24(32)20-13-9-10-17(3)14-20)23-28-29-25(30(23)5)33-15-21(31)26-18(4)19-11-7-6-8-12-19/h6-14,16,18,22H,15H2,1-5H3,(H,26,31)(H,27,32)/t18-,22+/m0/s1. The van der Waals surface area contributed by atoms with E-state index in [1.807, 2.05) is 87.8 Å². The zero-order valence-corrected chi connectivity index (χ0v) is 20.5. The van der Waals surface area contributed by atoms with Crippen LogP contribution in [-0.4, -0.2) is 32.3 Å². The molecule has 0 spiro atoms. The zero-order valence-electron chi connectivity index (χ0n) is 19.7. The molecule has 0 saturated carbocycles. The molecular weight excluding hydrogens is 434 g/mol. The van der Waals surface area contributed by atoms with Crippen LogP contribution < -0.4 is 10.6 Å². The number of nitrogens with zero attached hydrogens (tertiary/aromatic N) is 3. The molecule has 7 nitrogen and oxygen atoms in total. The molecule has 3 aromatic rings. The number of carbonyl (C=O) groups excluding carboxylic acids is 2. The van der Waals surface area contributed by atoms with Crippen molar-refractivity contribution in [1.82, 2.24) is 25.4 Å². The van der Waals surface area contributed by atoms with E-state index in [0.717, 1.165) is 11.1 Å². The first-order valence-electron chi connectivity index (χ1n) is 11.0. The fourth-order valence-electron chi connectivity index (χ4n) is 3.50. The molecule has 33 heavy (non-hydrogen) atoms. The molecule has 174 valence electrons. The zero-order chi connectivity index (χ0) is 24.0. The van der Waals surface area contributed by atoms with E-state index in [2.05, 4.69) is 20.8 Å². The second kappa shape index (κ2) is 11.1. The molecule has 1 heterocycles. The van der Waals surface area contributed by atoms with Crippen LogP contribution in [-0.2, 0) is 11.8 Å². The van der Waals surface area contributed by atoms with Crippen LogP contribution in [0.2, 0.25) is 0 Å². The van der Waals surface area contributed by atoms with Crippen LogP contribution in [0.4, 0.5) is 0 Å². The highest BCUT2D eigenvalue weighted by Crippen LogP contribution is 2.24. The highest BCUT2D eigenvalue weighted by atomic mass is 32.2. The summed E-state index contributed by atoms with van der Waals surface area (Å²) in [5.41, 5.74) is 2.70. The van der Waals surface area contributed by atoms with Gasteiger partial charge in [-0.1, -0.05) is 73.6 Å². The van der Waals surface area contributed by atoms with Crippen molar-refractivity contribution in [1.29, 1.82) is 0 Å². The van der Waals surface area contributed by atoms with Crippen molar-refractivity contribution in [2.75, 3.05) is 5.75 Å². The van der Waals surface area contributed by atoms with Gasteiger partial charge in [0.15, 0.2) is 11.0 Å². The number of hydrogen-bond acceptors (Lipinski definition) is 5. The first kappa shape index (κ1) is 24.5. The van der Waals surface area contributed by atoms with Crippen molar-refractivity contribution in [2.45, 2.75) is 44.9 Å². The Kier molecular flexibility index (Phi) is 8.27. The minimum atomic E-state index is -0.309. The van der Waals surface area contributed by atoms with Crippen LogP contribution in [0.15, 0.2) is 59.8 Å². The Morgan fingerprint density at radius 2 is 1.73 bits per heavy atom. The number of aromatic nitrogens is 3. The van der Waals surface area contributed by atoms with Gasteiger partial charge in [-0.05, 0) is 37.5 Å². The highest BCUT2D eigenvalue weighted by molar-refractivity contribution is 7.99. The van der Waals surface area contributed by atoms with Crippen LogP contribution in [0.1, 0.15) is 60.2 Å². The van der Waals surface area contributed by atoms with E-state index in [9.17, 15) is 9.59 Å². The first-order valence-corrected chi connectivity index (χ1v) is 12.0. The fourth-order valence-corrected chi connectivity index (χ4v) is 4.23. The predicted molar refractivity (Wildman–Crippen MR) is 131 cm³/mol. The summed E-state index contributed by atoms with van der Waals surface area (Å²) in [7, 11) is 1.86. The lowest BCUT2D eigenvalue weighted by Gasteiger charge is -2.22. The smallest absolute Gasteiger partial charge is 0.251 e. The van der Waals surface area contributed by atoms with E-state index in [1.165, 1.54) is 11.8 Å². The Bertz CT molecular complexity index is 1100. The van der Waals surface area contributed by atoms with Crippen LogP contribution in [0, 0.1) is 12.8 Å². The summed E-state index contributed by atoms with van der Waals surface area (Å²) < 4.78 is 1.85. The van der Waals surface area contributed by atoms with E-state index in [4.69, 9.17) is 0 Å². The maximum Gasteiger partial charge on any atom is 0.251 e. The molecule has 3 rings (SSSR count). The molecule has 2 aromatic carbocycles. The Hall–Kier alpha value is -3.13. The minimum Gasteiger partial charge on any atom is -0.349 e. The van der Waals surface area contributed by atoms with Gasteiger partial charge in [-0.2, -0.15) is 0 Å². The SMILES string of the molecule is Cc1cccc(C(=O)N[C@@H](c2nnc(SCC(=O)N[C@@H](C)c3ccccc3)n2C)C(C)C)c1. The first-order chi connectivity index (χ1) is 15.8. The summed E-state index contributed by atoms with van der Waals surface area (Å²) >= 11 is 1.32. The van der Waals surface area contributed by atoms with E-state index >= 15 is 0 Å². The van der Waals surface area contributed by atoms with E-state index in [1.54, 1.807) is 6.07 Å². The molecule has 0 radical (unpaired) electrons. The fraction of sp³-hybridized carbons (Fsp3) is 0.360. The average Bonchev–Trinajstić information content (AvgIpc) is 3.16. The summed E-state index contributed by atoms with van der Waals surface area (Å²) in [6.45, 7) is 7.98. The maximum atomic E-state index is 12.8. The molecule has 0 aliphatic rings. The van der Waals surface area contributed by atoms with E-state index in [-0.39, 0.29) is 35.6 Å². The highest BCUT2D eigenvalue weighted by Gasteiger charge is 2.25. The predicted octanol–water partition coefficient (Wildman–Crippen LogP) is 4.22. The Morgan fingerprint density at radius 1 is 1.00 bits per heavy atom. The Labute approximate surface area is 199 Å². The van der Waals surface area contributed by atoms with Crippen molar-refractivity contribution < 1.29 is 9.59 Å². The van der Waals surface area contributed by atoms with Crippen LogP contribution in [0.3, 0.4) is 0 Å². The third-order valence-corrected chi connectivity index (χ3v) is 6.41. The van der Waals surface area contributed by atoms with Gasteiger partial charge in [-0.3, -0.25) is 9.59 Å². The summed E-state index contributed by atoms with van der Waals surface area (Å²) in [5.74, 6) is 0.768. The lowest BCUT2D eigenvalue weighted by atomic mass is 10.0. The summed E-state index contributed by atoms with van der Waals surface area (Å²) in [4.78, 5) is 25.3. The molecule has 0 saturated heterocycles. The lowest BCUT2D eigenvalue weighted by Crippen LogP contribution is -2.33. The van der Waals surface area contributed by atoms with Crippen LogP contribution in [0.25, 0.3) is 0 Å². The third kappa shape index (κ3) is 6.44. The van der Waals surface area contributed by atoms with Gasteiger partial charge in [0.2, 0.25) is 5.91 Å². The monoisotopic (exact) mass is 465 g/mol. The molecule has 8 heteroatoms. The van der Waals surface area contributed by atoms with Crippen molar-refractivity contribution in [3.63, 3.8) is 0 Å². The van der Waals surface area contributed by atoms with Crippen LogP contribution in [0.5, 0.6) is 0 Å². The van der Waals surface area contributed by atoms with Gasteiger partial charge in [0, 0.05) is 12.6 Å². The van der Waals surface area contributed by atoms with Gasteiger partial charge in [0.1, 0.15) is 0 Å². The quantitative estimate of drug-likeness (QED) is 0.462. The lowest BCUT2D eigenvalue weighted by molar-refractivity contribution is -0.119. The molecule has 0 aliphatic carbocycles. The molecule has 2 amide bonds. The van der Waals surface area contributed by atoms with Gasteiger partial charge < -0.3 is 15.2 Å². The molecule has 0 aliphatic heterocycles. The van der Waals surface area contributed by atoms with Gasteiger partial charge in [-0.15, -0.1) is 10.2 Å². The largest absolute Gasteiger partial charge is 0.349 e. The number of aryl methyl sites for hydroxylation is 1.